The number of benzene rings is 2. The van der Waals surface area contributed by atoms with E-state index in [-0.39, 0.29) is 4.83 Å². The maximum atomic E-state index is 6.29. The molecule has 1 unspecified atom stereocenters. The fraction of sp³-hybridized carbons (Fsp3) is 0.250. The van der Waals surface area contributed by atoms with Crippen molar-refractivity contribution in [3.8, 4) is 11.5 Å². The number of fused-ring (bicyclic) bond motifs is 1. The van der Waals surface area contributed by atoms with Crippen LogP contribution >= 0.6 is 43.5 Å². The second kappa shape index (κ2) is 6.59. The van der Waals surface area contributed by atoms with Crippen LogP contribution in [0.5, 0.6) is 11.5 Å². The maximum absolute atomic E-state index is 6.29. The molecule has 0 bridgehead atoms. The second-order valence-electron chi connectivity index (χ2n) is 4.76. The molecule has 0 N–H and O–H groups in total. The maximum Gasteiger partial charge on any atom is 0.162 e. The number of alkyl halides is 1. The monoisotopic (exact) mass is 430 g/mol. The van der Waals surface area contributed by atoms with Gasteiger partial charge < -0.3 is 9.47 Å². The van der Waals surface area contributed by atoms with E-state index >= 15 is 0 Å². The van der Waals surface area contributed by atoms with Gasteiger partial charge in [-0.2, -0.15) is 0 Å². The molecule has 1 atom stereocenters. The van der Waals surface area contributed by atoms with E-state index in [4.69, 9.17) is 21.1 Å². The Labute approximate surface area is 145 Å². The zero-order chi connectivity index (χ0) is 14.8. The van der Waals surface area contributed by atoms with E-state index < -0.39 is 0 Å². The van der Waals surface area contributed by atoms with Gasteiger partial charge in [0.25, 0.3) is 0 Å². The van der Waals surface area contributed by atoms with E-state index in [2.05, 4.69) is 31.9 Å². The number of hydrogen-bond acceptors (Lipinski definition) is 2. The summed E-state index contributed by atoms with van der Waals surface area (Å²) in [4.78, 5) is -0.0160. The molecule has 1 aliphatic heterocycles. The minimum absolute atomic E-state index is 0.0160. The van der Waals surface area contributed by atoms with Crippen molar-refractivity contribution in [1.82, 2.24) is 0 Å². The van der Waals surface area contributed by atoms with Gasteiger partial charge in [0, 0.05) is 15.9 Å². The van der Waals surface area contributed by atoms with Gasteiger partial charge in [-0.25, -0.2) is 0 Å². The quantitative estimate of drug-likeness (QED) is 0.563. The molecule has 0 saturated carbocycles. The minimum atomic E-state index is -0.0160. The lowest BCUT2D eigenvalue weighted by Gasteiger charge is -2.17. The lowest BCUT2D eigenvalue weighted by Crippen LogP contribution is -1.98. The summed E-state index contributed by atoms with van der Waals surface area (Å²) in [5.41, 5.74) is 2.08. The molecule has 0 aromatic heterocycles. The van der Waals surface area contributed by atoms with Crippen molar-refractivity contribution in [1.29, 1.82) is 0 Å². The Balaban J connectivity index is 2.02. The van der Waals surface area contributed by atoms with Crippen LogP contribution in [0.15, 0.2) is 40.9 Å². The summed E-state index contributed by atoms with van der Waals surface area (Å²) in [6, 6.07) is 11.8. The fourth-order valence-electron chi connectivity index (χ4n) is 2.24. The zero-order valence-electron chi connectivity index (χ0n) is 11.1. The highest BCUT2D eigenvalue weighted by molar-refractivity contribution is 9.11. The summed E-state index contributed by atoms with van der Waals surface area (Å²) in [7, 11) is 0. The van der Waals surface area contributed by atoms with Gasteiger partial charge in [-0.15, -0.1) is 0 Å². The van der Waals surface area contributed by atoms with Crippen molar-refractivity contribution in [2.75, 3.05) is 13.2 Å². The third-order valence-corrected chi connectivity index (χ3v) is 5.34. The van der Waals surface area contributed by atoms with Crippen molar-refractivity contribution in [2.24, 2.45) is 0 Å². The first-order valence-electron chi connectivity index (χ1n) is 6.64. The normalized spacial score (nSPS) is 15.4. The molecule has 1 aliphatic rings. The molecule has 0 aliphatic carbocycles. The van der Waals surface area contributed by atoms with Gasteiger partial charge in [-0.3, -0.25) is 0 Å². The number of halogens is 3. The fourth-order valence-corrected chi connectivity index (χ4v) is 4.26. The molecule has 0 amide bonds. The first-order valence-corrected chi connectivity index (χ1v) is 8.73. The first-order chi connectivity index (χ1) is 10.2. The summed E-state index contributed by atoms with van der Waals surface area (Å²) >= 11 is 13.6. The van der Waals surface area contributed by atoms with Crippen molar-refractivity contribution >= 4 is 43.5 Å². The standard InChI is InChI=1S/C16H13Br2ClO2/c17-12-9-15-14(20-6-3-7-21-15)8-11(12)16(18)10-4-1-2-5-13(10)19/h1-2,4-5,8-9,16H,3,6-7H2. The molecule has 0 fully saturated rings. The molecule has 2 aromatic carbocycles. The highest BCUT2D eigenvalue weighted by Gasteiger charge is 2.20. The van der Waals surface area contributed by atoms with Crippen molar-refractivity contribution in [2.45, 2.75) is 11.2 Å². The summed E-state index contributed by atoms with van der Waals surface area (Å²) in [5, 5.41) is 0.735. The number of hydrogen-bond donors (Lipinski definition) is 0. The average Bonchev–Trinajstić information content (AvgIpc) is 2.71. The Hall–Kier alpha value is -0.710. The third-order valence-electron chi connectivity index (χ3n) is 3.32. The van der Waals surface area contributed by atoms with Crippen LogP contribution in [0.2, 0.25) is 5.02 Å². The number of rotatable bonds is 2. The van der Waals surface area contributed by atoms with Crippen LogP contribution in [0.1, 0.15) is 22.4 Å². The minimum Gasteiger partial charge on any atom is -0.490 e. The highest BCUT2D eigenvalue weighted by Crippen LogP contribution is 2.43. The van der Waals surface area contributed by atoms with Gasteiger partial charge in [0.05, 0.1) is 18.0 Å². The predicted molar refractivity (Wildman–Crippen MR) is 92.0 cm³/mol. The lowest BCUT2D eigenvalue weighted by molar-refractivity contribution is 0.297. The molecule has 110 valence electrons. The smallest absolute Gasteiger partial charge is 0.162 e. The molecule has 1 heterocycles. The van der Waals surface area contributed by atoms with Gasteiger partial charge in [0.2, 0.25) is 0 Å². The Kier molecular flexibility index (Phi) is 4.77. The Bertz CT molecular complexity index is 661. The van der Waals surface area contributed by atoms with E-state index in [0.717, 1.165) is 38.5 Å². The SMILES string of the molecule is Clc1ccccc1C(Br)c1cc2c(cc1Br)OCCCO2. The highest BCUT2D eigenvalue weighted by atomic mass is 79.9. The van der Waals surface area contributed by atoms with Crippen LogP contribution in [-0.2, 0) is 0 Å². The topological polar surface area (TPSA) is 18.5 Å². The molecular formula is C16H13Br2ClO2. The molecule has 0 spiro atoms. The van der Waals surface area contributed by atoms with Crippen molar-refractivity contribution in [3.63, 3.8) is 0 Å². The molecule has 5 heteroatoms. The van der Waals surface area contributed by atoms with Gasteiger partial charge in [-0.1, -0.05) is 61.7 Å². The average molecular weight is 433 g/mol. The van der Waals surface area contributed by atoms with Crippen LogP contribution < -0.4 is 9.47 Å². The van der Waals surface area contributed by atoms with E-state index in [9.17, 15) is 0 Å². The molecular weight excluding hydrogens is 419 g/mol. The molecule has 0 saturated heterocycles. The van der Waals surface area contributed by atoms with Gasteiger partial charge >= 0.3 is 0 Å². The first kappa shape index (κ1) is 15.2. The lowest BCUT2D eigenvalue weighted by atomic mass is 10.0. The second-order valence-corrected chi connectivity index (χ2v) is 6.93. The van der Waals surface area contributed by atoms with Crippen LogP contribution in [-0.4, -0.2) is 13.2 Å². The van der Waals surface area contributed by atoms with Crippen molar-refractivity contribution in [3.05, 3.63) is 57.0 Å². The van der Waals surface area contributed by atoms with Gasteiger partial charge in [-0.05, 0) is 29.3 Å². The van der Waals surface area contributed by atoms with Gasteiger partial charge in [0.15, 0.2) is 11.5 Å². The Morgan fingerprint density at radius 3 is 2.38 bits per heavy atom. The molecule has 3 rings (SSSR count). The van der Waals surface area contributed by atoms with Crippen LogP contribution in [0.3, 0.4) is 0 Å². The van der Waals surface area contributed by atoms with E-state index in [0.29, 0.717) is 13.2 Å². The van der Waals surface area contributed by atoms with E-state index in [1.54, 1.807) is 0 Å². The Morgan fingerprint density at radius 1 is 1.00 bits per heavy atom. The van der Waals surface area contributed by atoms with Crippen molar-refractivity contribution < 1.29 is 9.47 Å². The summed E-state index contributed by atoms with van der Waals surface area (Å²) in [6.45, 7) is 1.36. The molecule has 2 nitrogen and oxygen atoms in total. The van der Waals surface area contributed by atoms with Crippen LogP contribution in [0.25, 0.3) is 0 Å². The number of ether oxygens (including phenoxy) is 2. The van der Waals surface area contributed by atoms with Crippen LogP contribution in [0.4, 0.5) is 0 Å². The van der Waals surface area contributed by atoms with Crippen LogP contribution in [0, 0.1) is 0 Å². The molecule has 21 heavy (non-hydrogen) atoms. The Morgan fingerprint density at radius 2 is 1.67 bits per heavy atom. The van der Waals surface area contributed by atoms with Gasteiger partial charge in [0.1, 0.15) is 0 Å². The van der Waals surface area contributed by atoms with E-state index in [1.807, 2.05) is 36.4 Å². The summed E-state index contributed by atoms with van der Waals surface area (Å²) < 4.78 is 12.4. The molecule has 0 radical (unpaired) electrons. The van der Waals surface area contributed by atoms with E-state index in [1.165, 1.54) is 0 Å². The summed E-state index contributed by atoms with van der Waals surface area (Å²) in [5.74, 6) is 1.56. The largest absolute Gasteiger partial charge is 0.490 e. The third kappa shape index (κ3) is 3.22. The zero-order valence-corrected chi connectivity index (χ0v) is 15.0. The molecule has 2 aromatic rings. The summed E-state index contributed by atoms with van der Waals surface area (Å²) in [6.07, 6.45) is 0.893. The predicted octanol–water partition coefficient (Wildman–Crippen LogP) is 5.75.